The van der Waals surface area contributed by atoms with E-state index in [9.17, 15) is 9.59 Å². The lowest BCUT2D eigenvalue weighted by atomic mass is 9.96. The maximum atomic E-state index is 12.4. The number of hydrogen-bond acceptors (Lipinski definition) is 3. The summed E-state index contributed by atoms with van der Waals surface area (Å²) in [6.45, 7) is 2.08. The van der Waals surface area contributed by atoms with Crippen LogP contribution in [0.5, 0.6) is 0 Å². The number of anilines is 1. The lowest BCUT2D eigenvalue weighted by Gasteiger charge is -2.29. The maximum absolute atomic E-state index is 12.4. The van der Waals surface area contributed by atoms with E-state index in [0.717, 1.165) is 24.8 Å². The summed E-state index contributed by atoms with van der Waals surface area (Å²) in [5, 5.41) is 3.17. The minimum absolute atomic E-state index is 0.0156. The zero-order valence-corrected chi connectivity index (χ0v) is 11.9. The summed E-state index contributed by atoms with van der Waals surface area (Å²) < 4.78 is 0. The van der Waals surface area contributed by atoms with Gasteiger partial charge in [0, 0.05) is 17.9 Å². The summed E-state index contributed by atoms with van der Waals surface area (Å²) in [5.41, 5.74) is 1.86. The van der Waals surface area contributed by atoms with E-state index in [2.05, 4.69) is 12.2 Å². The van der Waals surface area contributed by atoms with Crippen molar-refractivity contribution >= 4 is 17.5 Å². The third kappa shape index (κ3) is 2.04. The normalized spacial score (nSPS) is 27.0. The molecule has 1 aliphatic carbocycles. The minimum Gasteiger partial charge on any atom is -0.313 e. The number of hydrogen-bond donors (Lipinski definition) is 1. The molecular weight excluding hydrogens is 252 g/mol. The molecule has 1 aromatic rings. The highest BCUT2D eigenvalue weighted by atomic mass is 16.2. The molecule has 2 aliphatic rings. The van der Waals surface area contributed by atoms with E-state index >= 15 is 0 Å². The molecule has 2 fully saturated rings. The molecule has 3 rings (SSSR count). The Balaban J connectivity index is 1.88. The molecule has 20 heavy (non-hydrogen) atoms. The molecule has 2 bridgehead atoms. The largest absolute Gasteiger partial charge is 0.313 e. The third-order valence-electron chi connectivity index (χ3n) is 4.66. The summed E-state index contributed by atoms with van der Waals surface area (Å²) in [7, 11) is 1.91. The van der Waals surface area contributed by atoms with Crippen LogP contribution < -0.4 is 10.2 Å². The van der Waals surface area contributed by atoms with Gasteiger partial charge in [-0.2, -0.15) is 0 Å². The number of nitrogens with one attached hydrogen (secondary N) is 1. The first kappa shape index (κ1) is 13.3. The van der Waals surface area contributed by atoms with Crippen molar-refractivity contribution in [1.29, 1.82) is 0 Å². The van der Waals surface area contributed by atoms with Crippen LogP contribution in [0.3, 0.4) is 0 Å². The van der Waals surface area contributed by atoms with Gasteiger partial charge in [0.05, 0.1) is 5.69 Å². The third-order valence-corrected chi connectivity index (χ3v) is 4.66. The van der Waals surface area contributed by atoms with E-state index in [1.807, 2.05) is 31.3 Å². The smallest absolute Gasteiger partial charge is 0.236 e. The Morgan fingerprint density at radius 3 is 2.15 bits per heavy atom. The predicted octanol–water partition coefficient (Wildman–Crippen LogP) is 2.26. The van der Waals surface area contributed by atoms with Crippen molar-refractivity contribution in [2.75, 3.05) is 11.9 Å². The summed E-state index contributed by atoms with van der Waals surface area (Å²) in [4.78, 5) is 26.1. The molecule has 2 amide bonds. The fourth-order valence-corrected chi connectivity index (χ4v) is 3.24. The molecule has 4 nitrogen and oxygen atoms in total. The van der Waals surface area contributed by atoms with Crippen LogP contribution in [-0.4, -0.2) is 18.9 Å². The van der Waals surface area contributed by atoms with E-state index < -0.39 is 0 Å². The number of carbonyl (C=O) groups is 2. The fraction of sp³-hybridized carbons (Fsp3) is 0.500. The van der Waals surface area contributed by atoms with Crippen LogP contribution in [-0.2, 0) is 9.59 Å². The average Bonchev–Trinajstić information content (AvgIpc) is 2.92. The second-order valence-electron chi connectivity index (χ2n) is 5.82. The molecule has 1 heterocycles. The molecule has 1 N–H and O–H groups in total. The molecule has 1 aromatic carbocycles. The van der Waals surface area contributed by atoms with Gasteiger partial charge >= 0.3 is 0 Å². The lowest BCUT2D eigenvalue weighted by Crippen LogP contribution is -2.46. The van der Waals surface area contributed by atoms with Crippen molar-refractivity contribution in [3.8, 4) is 0 Å². The molecule has 3 unspecified atom stereocenters. The van der Waals surface area contributed by atoms with Crippen LogP contribution in [0.25, 0.3) is 0 Å². The molecule has 1 saturated carbocycles. The number of benzene rings is 1. The highest BCUT2D eigenvalue weighted by Crippen LogP contribution is 2.40. The van der Waals surface area contributed by atoms with Gasteiger partial charge in [-0.1, -0.05) is 12.1 Å². The number of rotatable bonds is 3. The number of nitrogens with zero attached hydrogens (tertiary/aromatic N) is 1. The van der Waals surface area contributed by atoms with E-state index in [1.165, 1.54) is 4.90 Å². The average molecular weight is 272 g/mol. The zero-order valence-electron chi connectivity index (χ0n) is 11.9. The standard InChI is InChI=1S/C16H20N2O2/c1-10(17-2)11-5-7-14(8-6-11)18-15(19)12-3-4-13(9-12)16(18)20/h5-8,10,12-13,17H,3-4,9H2,1-2H3. The van der Waals surface area contributed by atoms with Crippen LogP contribution >= 0.6 is 0 Å². The number of imide groups is 1. The van der Waals surface area contributed by atoms with Gasteiger partial charge in [-0.15, -0.1) is 0 Å². The zero-order chi connectivity index (χ0) is 14.3. The molecule has 1 saturated heterocycles. The van der Waals surface area contributed by atoms with Gasteiger partial charge in [0.1, 0.15) is 0 Å². The van der Waals surface area contributed by atoms with Crippen LogP contribution in [0.4, 0.5) is 5.69 Å². The number of piperidine rings is 1. The Kier molecular flexibility index (Phi) is 3.34. The lowest BCUT2D eigenvalue weighted by molar-refractivity contribution is -0.132. The molecule has 4 heteroatoms. The summed E-state index contributed by atoms with van der Waals surface area (Å²) >= 11 is 0. The first-order valence-electron chi connectivity index (χ1n) is 7.27. The topological polar surface area (TPSA) is 49.4 Å². The number of amides is 2. The Bertz CT molecular complexity index is 516. The highest BCUT2D eigenvalue weighted by Gasteiger charge is 2.45. The summed E-state index contributed by atoms with van der Waals surface area (Å²) in [5.74, 6) is 0.0681. The first-order chi connectivity index (χ1) is 9.61. The van der Waals surface area contributed by atoms with Gasteiger partial charge in [0.2, 0.25) is 11.8 Å². The Morgan fingerprint density at radius 1 is 1.10 bits per heavy atom. The quantitative estimate of drug-likeness (QED) is 0.859. The second-order valence-corrected chi connectivity index (χ2v) is 5.82. The minimum atomic E-state index is -0.0156. The molecule has 0 radical (unpaired) electrons. The van der Waals surface area contributed by atoms with Crippen molar-refractivity contribution < 1.29 is 9.59 Å². The van der Waals surface area contributed by atoms with Gasteiger partial charge in [0.15, 0.2) is 0 Å². The van der Waals surface area contributed by atoms with Crippen molar-refractivity contribution in [3.63, 3.8) is 0 Å². The number of fused-ring (bicyclic) bond motifs is 2. The monoisotopic (exact) mass is 272 g/mol. The first-order valence-corrected chi connectivity index (χ1v) is 7.27. The van der Waals surface area contributed by atoms with E-state index in [-0.39, 0.29) is 29.7 Å². The van der Waals surface area contributed by atoms with Crippen molar-refractivity contribution in [2.24, 2.45) is 11.8 Å². The van der Waals surface area contributed by atoms with E-state index in [0.29, 0.717) is 5.69 Å². The highest BCUT2D eigenvalue weighted by molar-refractivity contribution is 6.18. The molecule has 106 valence electrons. The molecule has 1 aliphatic heterocycles. The Hall–Kier alpha value is -1.68. The SMILES string of the molecule is CNC(C)c1ccc(N2C(=O)C3CCC(C3)C2=O)cc1. The van der Waals surface area contributed by atoms with Crippen LogP contribution in [0, 0.1) is 11.8 Å². The van der Waals surface area contributed by atoms with Crippen molar-refractivity contribution in [1.82, 2.24) is 5.32 Å². The van der Waals surface area contributed by atoms with Gasteiger partial charge in [0.25, 0.3) is 0 Å². The molecule has 3 atom stereocenters. The maximum Gasteiger partial charge on any atom is 0.236 e. The van der Waals surface area contributed by atoms with Gasteiger partial charge in [-0.25, -0.2) is 0 Å². The Labute approximate surface area is 119 Å². The fourth-order valence-electron chi connectivity index (χ4n) is 3.24. The molecule has 0 spiro atoms. The van der Waals surface area contributed by atoms with Crippen LogP contribution in [0.1, 0.15) is 37.8 Å². The number of carbonyl (C=O) groups excluding carboxylic acids is 2. The second kappa shape index (κ2) is 5.02. The van der Waals surface area contributed by atoms with Gasteiger partial charge < -0.3 is 5.32 Å². The molecule has 0 aromatic heterocycles. The van der Waals surface area contributed by atoms with Crippen molar-refractivity contribution in [2.45, 2.75) is 32.2 Å². The van der Waals surface area contributed by atoms with Gasteiger partial charge in [-0.05, 0) is 50.9 Å². The van der Waals surface area contributed by atoms with Crippen LogP contribution in [0.2, 0.25) is 0 Å². The van der Waals surface area contributed by atoms with Crippen molar-refractivity contribution in [3.05, 3.63) is 29.8 Å². The summed E-state index contributed by atoms with van der Waals surface area (Å²) in [6.07, 6.45) is 2.48. The van der Waals surface area contributed by atoms with Gasteiger partial charge in [-0.3, -0.25) is 14.5 Å². The van der Waals surface area contributed by atoms with E-state index in [1.54, 1.807) is 0 Å². The molecular formula is C16H20N2O2. The predicted molar refractivity (Wildman–Crippen MR) is 77.2 cm³/mol. The van der Waals surface area contributed by atoms with E-state index in [4.69, 9.17) is 0 Å². The summed E-state index contributed by atoms with van der Waals surface area (Å²) in [6, 6.07) is 7.97. The Morgan fingerprint density at radius 2 is 1.65 bits per heavy atom. The van der Waals surface area contributed by atoms with Crippen LogP contribution in [0.15, 0.2) is 24.3 Å².